The van der Waals surface area contributed by atoms with E-state index in [0.717, 1.165) is 11.8 Å². The molecule has 0 heterocycles. The highest BCUT2D eigenvalue weighted by Crippen LogP contribution is 2.23. The molecule has 0 saturated carbocycles. The standard InChI is InChI=1S/C26H26FN5O4/c27-20-6-10-22(11-7-20)36-23-12-8-21(9-13-23)31-26(34)24(32-25(33)16-30-29-15-14-28)18-35-17-19-4-2-1-3-5-19/h1-15,24,28,30H,16-18H2,(H,31,34)(H,32,33)/b28-14?,29-15-/t24-/m0/s1. The lowest BCUT2D eigenvalue weighted by atomic mass is 10.2. The minimum atomic E-state index is -0.968. The van der Waals surface area contributed by atoms with E-state index in [4.69, 9.17) is 14.9 Å². The number of anilines is 1. The Hall–Kier alpha value is -4.57. The molecule has 0 spiro atoms. The van der Waals surface area contributed by atoms with Crippen molar-refractivity contribution >= 4 is 29.9 Å². The zero-order valence-corrected chi connectivity index (χ0v) is 19.3. The van der Waals surface area contributed by atoms with Crippen LogP contribution in [-0.4, -0.2) is 43.4 Å². The van der Waals surface area contributed by atoms with Gasteiger partial charge in [0.05, 0.1) is 19.4 Å². The van der Waals surface area contributed by atoms with E-state index in [9.17, 15) is 14.0 Å². The second kappa shape index (κ2) is 14.0. The molecule has 0 unspecified atom stereocenters. The lowest BCUT2D eigenvalue weighted by Crippen LogP contribution is -2.48. The fourth-order valence-corrected chi connectivity index (χ4v) is 2.98. The first-order chi connectivity index (χ1) is 17.5. The Balaban J connectivity index is 1.59. The second-order valence-electron chi connectivity index (χ2n) is 7.47. The third-order valence-electron chi connectivity index (χ3n) is 4.70. The lowest BCUT2D eigenvalue weighted by molar-refractivity contribution is -0.127. The molecule has 186 valence electrons. The first-order valence-corrected chi connectivity index (χ1v) is 11.0. The van der Waals surface area contributed by atoms with Crippen LogP contribution in [0, 0.1) is 11.2 Å². The molecule has 3 aromatic rings. The summed E-state index contributed by atoms with van der Waals surface area (Å²) in [5.74, 6) is -0.308. The molecule has 0 aliphatic heterocycles. The van der Waals surface area contributed by atoms with Crippen LogP contribution >= 0.6 is 0 Å². The van der Waals surface area contributed by atoms with Gasteiger partial charge in [0.1, 0.15) is 29.9 Å². The molecule has 3 rings (SSSR count). The Morgan fingerprint density at radius 1 is 0.972 bits per heavy atom. The molecule has 0 fully saturated rings. The minimum absolute atomic E-state index is 0.0536. The first-order valence-electron chi connectivity index (χ1n) is 11.0. The number of halogens is 1. The number of ether oxygens (including phenoxy) is 2. The Bertz CT molecular complexity index is 1160. The summed E-state index contributed by atoms with van der Waals surface area (Å²) >= 11 is 0. The average Bonchev–Trinajstić information content (AvgIpc) is 2.89. The van der Waals surface area contributed by atoms with Gasteiger partial charge < -0.3 is 30.9 Å². The monoisotopic (exact) mass is 491 g/mol. The molecule has 2 amide bonds. The number of benzene rings is 3. The summed E-state index contributed by atoms with van der Waals surface area (Å²) in [5.41, 5.74) is 3.91. The van der Waals surface area contributed by atoms with Gasteiger partial charge in [0.2, 0.25) is 11.8 Å². The molecule has 0 aliphatic carbocycles. The van der Waals surface area contributed by atoms with Gasteiger partial charge >= 0.3 is 0 Å². The zero-order chi connectivity index (χ0) is 25.6. The molecule has 4 N–H and O–H groups in total. The number of carbonyl (C=O) groups is 2. The van der Waals surface area contributed by atoms with Gasteiger partial charge in [-0.2, -0.15) is 5.10 Å². The Morgan fingerprint density at radius 3 is 2.31 bits per heavy atom. The Morgan fingerprint density at radius 2 is 1.64 bits per heavy atom. The highest BCUT2D eigenvalue weighted by molar-refractivity contribution is 6.14. The van der Waals surface area contributed by atoms with Crippen LogP contribution in [-0.2, 0) is 20.9 Å². The van der Waals surface area contributed by atoms with E-state index in [-0.39, 0.29) is 25.6 Å². The molecular weight excluding hydrogens is 465 g/mol. The van der Waals surface area contributed by atoms with Crippen LogP contribution in [0.15, 0.2) is 84.0 Å². The number of nitrogens with one attached hydrogen (secondary N) is 4. The number of carbonyl (C=O) groups excluding carboxylic acids is 2. The van der Waals surface area contributed by atoms with Crippen LogP contribution in [0.1, 0.15) is 5.56 Å². The van der Waals surface area contributed by atoms with Gasteiger partial charge in [0, 0.05) is 11.9 Å². The van der Waals surface area contributed by atoms with Gasteiger partial charge in [-0.15, -0.1) is 0 Å². The van der Waals surface area contributed by atoms with Crippen molar-refractivity contribution < 1.29 is 23.5 Å². The molecule has 36 heavy (non-hydrogen) atoms. The van der Waals surface area contributed by atoms with Gasteiger partial charge in [-0.25, -0.2) is 4.39 Å². The second-order valence-corrected chi connectivity index (χ2v) is 7.47. The van der Waals surface area contributed by atoms with Crippen LogP contribution in [0.2, 0.25) is 0 Å². The molecule has 3 aromatic carbocycles. The third-order valence-corrected chi connectivity index (χ3v) is 4.70. The van der Waals surface area contributed by atoms with Crippen LogP contribution in [0.25, 0.3) is 0 Å². The molecule has 0 bridgehead atoms. The van der Waals surface area contributed by atoms with Crippen molar-refractivity contribution in [2.75, 3.05) is 18.5 Å². The summed E-state index contributed by atoms with van der Waals surface area (Å²) in [4.78, 5) is 25.2. The first kappa shape index (κ1) is 26.0. The fourth-order valence-electron chi connectivity index (χ4n) is 2.98. The SMILES string of the molecule is N=C/C=N\NCC(=O)N[C@@H](COCc1ccccc1)C(=O)Nc1ccc(Oc2ccc(F)cc2)cc1. The zero-order valence-electron chi connectivity index (χ0n) is 19.3. The van der Waals surface area contributed by atoms with Gasteiger partial charge in [0.15, 0.2) is 0 Å². The van der Waals surface area contributed by atoms with E-state index in [1.54, 1.807) is 24.3 Å². The number of hydrogen-bond donors (Lipinski definition) is 4. The van der Waals surface area contributed by atoms with Crippen molar-refractivity contribution in [1.82, 2.24) is 10.7 Å². The summed E-state index contributed by atoms with van der Waals surface area (Å²) < 4.78 is 24.4. The number of nitrogens with zero attached hydrogens (tertiary/aromatic N) is 1. The van der Waals surface area contributed by atoms with Gasteiger partial charge in [-0.3, -0.25) is 9.59 Å². The Kier molecular flexibility index (Phi) is 10.1. The topological polar surface area (TPSA) is 125 Å². The van der Waals surface area contributed by atoms with E-state index in [0.29, 0.717) is 17.2 Å². The smallest absolute Gasteiger partial charge is 0.249 e. The molecular formula is C26H26FN5O4. The number of amides is 2. The fraction of sp³-hybridized carbons (Fsp3) is 0.154. The normalized spacial score (nSPS) is 11.5. The molecule has 0 saturated heterocycles. The van der Waals surface area contributed by atoms with Crippen LogP contribution < -0.4 is 20.8 Å². The average molecular weight is 492 g/mol. The van der Waals surface area contributed by atoms with Crippen molar-refractivity contribution in [1.29, 1.82) is 5.41 Å². The summed E-state index contributed by atoms with van der Waals surface area (Å²) in [7, 11) is 0. The maximum atomic E-state index is 13.1. The maximum Gasteiger partial charge on any atom is 0.249 e. The van der Waals surface area contributed by atoms with Crippen molar-refractivity contribution in [2.24, 2.45) is 5.10 Å². The quantitative estimate of drug-likeness (QED) is 0.215. The molecule has 1 atom stereocenters. The summed E-state index contributed by atoms with van der Waals surface area (Å²) in [6.07, 6.45) is 2.15. The summed E-state index contributed by atoms with van der Waals surface area (Å²) in [6.45, 7) is 0.0437. The van der Waals surface area contributed by atoms with Gasteiger partial charge in [-0.1, -0.05) is 30.3 Å². The van der Waals surface area contributed by atoms with Crippen LogP contribution in [0.3, 0.4) is 0 Å². The van der Waals surface area contributed by atoms with E-state index in [1.807, 2.05) is 30.3 Å². The van der Waals surface area contributed by atoms with E-state index in [2.05, 4.69) is 21.2 Å². The highest BCUT2D eigenvalue weighted by Gasteiger charge is 2.21. The molecule has 0 aliphatic rings. The van der Waals surface area contributed by atoms with Crippen molar-refractivity contribution in [3.63, 3.8) is 0 Å². The van der Waals surface area contributed by atoms with E-state index in [1.165, 1.54) is 30.5 Å². The predicted octanol–water partition coefficient (Wildman–Crippen LogP) is 3.48. The van der Waals surface area contributed by atoms with E-state index < -0.39 is 17.9 Å². The van der Waals surface area contributed by atoms with Crippen molar-refractivity contribution in [3.8, 4) is 11.5 Å². The van der Waals surface area contributed by atoms with Crippen LogP contribution in [0.4, 0.5) is 10.1 Å². The number of hydrogen-bond acceptors (Lipinski definition) is 7. The number of hydrazone groups is 1. The van der Waals surface area contributed by atoms with Gasteiger partial charge in [0.25, 0.3) is 0 Å². The van der Waals surface area contributed by atoms with Gasteiger partial charge in [-0.05, 0) is 54.1 Å². The van der Waals surface area contributed by atoms with Crippen LogP contribution in [0.5, 0.6) is 11.5 Å². The van der Waals surface area contributed by atoms with Crippen molar-refractivity contribution in [3.05, 3.63) is 90.2 Å². The highest BCUT2D eigenvalue weighted by atomic mass is 19.1. The Labute approximate surface area is 207 Å². The molecule has 0 aromatic heterocycles. The maximum absolute atomic E-state index is 13.1. The molecule has 9 nitrogen and oxygen atoms in total. The largest absolute Gasteiger partial charge is 0.457 e. The molecule has 0 radical (unpaired) electrons. The van der Waals surface area contributed by atoms with E-state index >= 15 is 0 Å². The lowest BCUT2D eigenvalue weighted by Gasteiger charge is -2.19. The minimum Gasteiger partial charge on any atom is -0.457 e. The summed E-state index contributed by atoms with van der Waals surface area (Å²) in [6, 6.07) is 20.7. The predicted molar refractivity (Wildman–Crippen MR) is 135 cm³/mol. The third kappa shape index (κ3) is 8.99. The number of rotatable bonds is 13. The van der Waals surface area contributed by atoms with Crippen molar-refractivity contribution in [2.45, 2.75) is 12.6 Å². The summed E-state index contributed by atoms with van der Waals surface area (Å²) in [5, 5.41) is 15.9. The molecule has 10 heteroatoms.